The second-order valence-corrected chi connectivity index (χ2v) is 6.74. The van der Waals surface area contributed by atoms with Gasteiger partial charge in [0, 0.05) is 28.1 Å². The number of hydrogen-bond acceptors (Lipinski definition) is 2. The largest absolute Gasteiger partial charge is 0.481 e. The molecule has 1 saturated heterocycles. The molecule has 1 aliphatic heterocycles. The highest BCUT2D eigenvalue weighted by molar-refractivity contribution is 9.10. The highest BCUT2D eigenvalue weighted by Crippen LogP contribution is 2.35. The maximum Gasteiger partial charge on any atom is 0.309 e. The van der Waals surface area contributed by atoms with Gasteiger partial charge in [0.05, 0.1) is 5.41 Å². The van der Waals surface area contributed by atoms with Crippen LogP contribution in [0.15, 0.2) is 22.7 Å². The van der Waals surface area contributed by atoms with Crippen molar-refractivity contribution in [1.29, 1.82) is 0 Å². The fourth-order valence-electron chi connectivity index (χ4n) is 2.72. The van der Waals surface area contributed by atoms with Gasteiger partial charge in [0.1, 0.15) is 0 Å². The highest BCUT2D eigenvalue weighted by Gasteiger charge is 2.40. The minimum atomic E-state index is -0.761. The Kier molecular flexibility index (Phi) is 4.94. The molecule has 1 aliphatic rings. The molecule has 0 aromatic heterocycles. The lowest BCUT2D eigenvalue weighted by atomic mass is 9.76. The zero-order chi connectivity index (χ0) is 15.6. The van der Waals surface area contributed by atoms with E-state index in [9.17, 15) is 14.7 Å². The molecule has 0 atom stereocenters. The van der Waals surface area contributed by atoms with Crippen molar-refractivity contribution < 1.29 is 14.7 Å². The third kappa shape index (κ3) is 3.40. The molecule has 0 aliphatic carbocycles. The quantitative estimate of drug-likeness (QED) is 0.875. The molecule has 6 heteroatoms. The van der Waals surface area contributed by atoms with Gasteiger partial charge < -0.3 is 10.0 Å². The summed E-state index contributed by atoms with van der Waals surface area (Å²) in [6, 6.07) is 5.09. The Bertz CT molecular complexity index is 548. The SMILES string of the molecule is CCC1(C(=O)O)CCN(C(=O)c2cc(Cl)cc(Br)c2)CC1. The van der Waals surface area contributed by atoms with Crippen molar-refractivity contribution in [3.63, 3.8) is 0 Å². The maximum absolute atomic E-state index is 12.5. The molecule has 1 fully saturated rings. The minimum absolute atomic E-state index is 0.103. The lowest BCUT2D eigenvalue weighted by molar-refractivity contribution is -0.152. The Hall–Kier alpha value is -1.07. The molecule has 1 aromatic rings. The number of rotatable bonds is 3. The van der Waals surface area contributed by atoms with Crippen LogP contribution >= 0.6 is 27.5 Å². The van der Waals surface area contributed by atoms with E-state index in [-0.39, 0.29) is 5.91 Å². The van der Waals surface area contributed by atoms with E-state index in [0.717, 1.165) is 4.47 Å². The standard InChI is InChI=1S/C15H17BrClNO3/c1-2-15(14(20)21)3-5-18(6-4-15)13(19)10-7-11(16)9-12(17)8-10/h7-9H,2-6H2,1H3,(H,20,21). The van der Waals surface area contributed by atoms with E-state index < -0.39 is 11.4 Å². The average molecular weight is 375 g/mol. The Labute approximate surface area is 137 Å². The molecule has 1 N–H and O–H groups in total. The summed E-state index contributed by atoms with van der Waals surface area (Å²) in [5, 5.41) is 9.87. The molecular weight excluding hydrogens is 358 g/mol. The number of halogens is 2. The van der Waals surface area contributed by atoms with Gasteiger partial charge in [-0.25, -0.2) is 0 Å². The van der Waals surface area contributed by atoms with E-state index in [1.165, 1.54) is 0 Å². The minimum Gasteiger partial charge on any atom is -0.481 e. The monoisotopic (exact) mass is 373 g/mol. The number of piperidine rings is 1. The van der Waals surface area contributed by atoms with E-state index in [1.54, 1.807) is 23.1 Å². The van der Waals surface area contributed by atoms with Crippen LogP contribution in [0, 0.1) is 5.41 Å². The van der Waals surface area contributed by atoms with Crippen molar-refractivity contribution in [2.24, 2.45) is 5.41 Å². The number of hydrogen-bond donors (Lipinski definition) is 1. The summed E-state index contributed by atoms with van der Waals surface area (Å²) in [4.78, 5) is 25.6. The molecule has 21 heavy (non-hydrogen) atoms. The van der Waals surface area contributed by atoms with Gasteiger partial charge in [0.15, 0.2) is 0 Å². The van der Waals surface area contributed by atoms with Gasteiger partial charge in [-0.1, -0.05) is 34.5 Å². The van der Waals surface area contributed by atoms with Gasteiger partial charge in [-0.15, -0.1) is 0 Å². The zero-order valence-corrected chi connectivity index (χ0v) is 14.1. The topological polar surface area (TPSA) is 57.6 Å². The average Bonchev–Trinajstić information content (AvgIpc) is 2.45. The van der Waals surface area contributed by atoms with Gasteiger partial charge in [-0.05, 0) is 37.5 Å². The predicted octanol–water partition coefficient (Wildman–Crippen LogP) is 3.82. The summed E-state index contributed by atoms with van der Waals surface area (Å²) < 4.78 is 0.754. The first kappa shape index (κ1) is 16.3. The number of carbonyl (C=O) groups is 2. The van der Waals surface area contributed by atoms with Crippen LogP contribution in [-0.4, -0.2) is 35.0 Å². The summed E-state index contributed by atoms with van der Waals surface area (Å²) >= 11 is 9.28. The van der Waals surface area contributed by atoms with E-state index in [4.69, 9.17) is 11.6 Å². The summed E-state index contributed by atoms with van der Waals surface area (Å²) in [6.45, 7) is 2.81. The molecule has 0 radical (unpaired) electrons. The lowest BCUT2D eigenvalue weighted by Gasteiger charge is -2.38. The van der Waals surface area contributed by atoms with Gasteiger partial charge in [-0.3, -0.25) is 9.59 Å². The Morgan fingerprint density at radius 2 is 1.95 bits per heavy atom. The summed E-state index contributed by atoms with van der Waals surface area (Å²) in [5.74, 6) is -0.865. The van der Waals surface area contributed by atoms with Crippen LogP contribution in [-0.2, 0) is 4.79 Å². The molecule has 2 rings (SSSR count). The van der Waals surface area contributed by atoms with Crippen molar-refractivity contribution in [2.75, 3.05) is 13.1 Å². The van der Waals surface area contributed by atoms with Gasteiger partial charge in [-0.2, -0.15) is 0 Å². The van der Waals surface area contributed by atoms with Gasteiger partial charge >= 0.3 is 5.97 Å². The maximum atomic E-state index is 12.5. The molecule has 0 spiro atoms. The smallest absolute Gasteiger partial charge is 0.309 e. The number of carboxylic acid groups (broad SMARTS) is 1. The highest BCUT2D eigenvalue weighted by atomic mass is 79.9. The summed E-state index contributed by atoms with van der Waals surface area (Å²) in [6.07, 6.45) is 1.58. The number of benzene rings is 1. The third-order valence-electron chi connectivity index (χ3n) is 4.25. The zero-order valence-electron chi connectivity index (χ0n) is 11.7. The molecule has 4 nitrogen and oxygen atoms in total. The molecule has 0 unspecified atom stereocenters. The fourth-order valence-corrected chi connectivity index (χ4v) is 3.58. The summed E-state index contributed by atoms with van der Waals surface area (Å²) in [5.41, 5.74) is -0.167. The number of likely N-dealkylation sites (tertiary alicyclic amines) is 1. The van der Waals surface area contributed by atoms with Crippen LogP contribution in [0.3, 0.4) is 0 Å². The van der Waals surface area contributed by atoms with E-state index in [1.807, 2.05) is 6.92 Å². The Balaban J connectivity index is 2.11. The van der Waals surface area contributed by atoms with E-state index >= 15 is 0 Å². The summed E-state index contributed by atoms with van der Waals surface area (Å²) in [7, 11) is 0. The molecule has 1 aromatic carbocycles. The van der Waals surface area contributed by atoms with Crippen molar-refractivity contribution >= 4 is 39.4 Å². The Morgan fingerprint density at radius 1 is 1.33 bits per heavy atom. The van der Waals surface area contributed by atoms with Crippen LogP contribution in [0.4, 0.5) is 0 Å². The second-order valence-electron chi connectivity index (χ2n) is 5.39. The van der Waals surface area contributed by atoms with Crippen molar-refractivity contribution in [2.45, 2.75) is 26.2 Å². The molecule has 0 saturated carbocycles. The van der Waals surface area contributed by atoms with Crippen molar-refractivity contribution in [3.05, 3.63) is 33.3 Å². The second kappa shape index (κ2) is 6.36. The molecular formula is C15H17BrClNO3. The fraction of sp³-hybridized carbons (Fsp3) is 0.467. The first-order chi connectivity index (χ1) is 9.88. The van der Waals surface area contributed by atoms with Crippen LogP contribution in [0.2, 0.25) is 5.02 Å². The van der Waals surface area contributed by atoms with Crippen molar-refractivity contribution in [3.8, 4) is 0 Å². The number of amides is 1. The number of carbonyl (C=O) groups excluding carboxylic acids is 1. The van der Waals surface area contributed by atoms with Gasteiger partial charge in [0.25, 0.3) is 5.91 Å². The van der Waals surface area contributed by atoms with Crippen LogP contribution in [0.25, 0.3) is 0 Å². The number of nitrogens with zero attached hydrogens (tertiary/aromatic N) is 1. The van der Waals surface area contributed by atoms with Crippen LogP contribution < -0.4 is 0 Å². The molecule has 0 bridgehead atoms. The lowest BCUT2D eigenvalue weighted by Crippen LogP contribution is -2.46. The van der Waals surface area contributed by atoms with E-state index in [2.05, 4.69) is 15.9 Å². The Morgan fingerprint density at radius 3 is 2.43 bits per heavy atom. The number of aliphatic carboxylic acids is 1. The molecule has 1 heterocycles. The van der Waals surface area contributed by atoms with Crippen LogP contribution in [0.1, 0.15) is 36.5 Å². The molecule has 1 amide bonds. The normalized spacial score (nSPS) is 17.6. The molecule has 114 valence electrons. The predicted molar refractivity (Wildman–Crippen MR) is 84.6 cm³/mol. The first-order valence-corrected chi connectivity index (χ1v) is 8.04. The van der Waals surface area contributed by atoms with Crippen molar-refractivity contribution in [1.82, 2.24) is 4.90 Å². The first-order valence-electron chi connectivity index (χ1n) is 6.87. The van der Waals surface area contributed by atoms with Crippen LogP contribution in [0.5, 0.6) is 0 Å². The van der Waals surface area contributed by atoms with E-state index in [0.29, 0.717) is 42.9 Å². The third-order valence-corrected chi connectivity index (χ3v) is 4.92. The number of carboxylic acids is 1. The van der Waals surface area contributed by atoms with Gasteiger partial charge in [0.2, 0.25) is 0 Å².